The summed E-state index contributed by atoms with van der Waals surface area (Å²) < 4.78 is 0.886. The van der Waals surface area contributed by atoms with Crippen LogP contribution in [0.25, 0.3) is 0 Å². The monoisotopic (exact) mass is 325 g/mol. The van der Waals surface area contributed by atoms with Crippen molar-refractivity contribution in [2.45, 2.75) is 44.6 Å². The Labute approximate surface area is 122 Å². The Morgan fingerprint density at radius 3 is 2.53 bits per heavy atom. The molecule has 1 N–H and O–H groups in total. The number of halogens is 1. The van der Waals surface area contributed by atoms with E-state index >= 15 is 0 Å². The van der Waals surface area contributed by atoms with Crippen LogP contribution < -0.4 is 4.90 Å². The van der Waals surface area contributed by atoms with Crippen LogP contribution in [0.1, 0.15) is 44.3 Å². The third kappa shape index (κ3) is 3.08. The van der Waals surface area contributed by atoms with Crippen LogP contribution in [0.5, 0.6) is 0 Å². The van der Waals surface area contributed by atoms with Crippen molar-refractivity contribution in [2.75, 3.05) is 18.0 Å². The maximum absolute atomic E-state index is 9.65. The highest BCUT2D eigenvalue weighted by Gasteiger charge is 2.29. The maximum atomic E-state index is 9.65. The van der Waals surface area contributed by atoms with Gasteiger partial charge in [0.25, 0.3) is 0 Å². The predicted octanol–water partition coefficient (Wildman–Crippen LogP) is 2.71. The molecule has 5 heteroatoms. The summed E-state index contributed by atoms with van der Waals surface area (Å²) in [5, 5.41) is 9.65. The Balaban J connectivity index is 1.72. The van der Waals surface area contributed by atoms with Crippen molar-refractivity contribution in [3.05, 3.63) is 16.5 Å². The molecular weight excluding hydrogens is 306 g/mol. The Morgan fingerprint density at radius 1 is 1.26 bits per heavy atom. The summed E-state index contributed by atoms with van der Waals surface area (Å²) in [6.07, 6.45) is 4.33. The van der Waals surface area contributed by atoms with Gasteiger partial charge in [-0.1, -0.05) is 0 Å². The van der Waals surface area contributed by atoms with Gasteiger partial charge in [-0.05, 0) is 54.5 Å². The maximum Gasteiger partial charge on any atom is 0.135 e. The van der Waals surface area contributed by atoms with Crippen molar-refractivity contribution in [2.24, 2.45) is 5.92 Å². The molecule has 104 valence electrons. The van der Waals surface area contributed by atoms with Crippen molar-refractivity contribution in [1.29, 1.82) is 0 Å². The summed E-state index contributed by atoms with van der Waals surface area (Å²) in [7, 11) is 0. The minimum absolute atomic E-state index is 0.193. The Kier molecular flexibility index (Phi) is 3.76. The summed E-state index contributed by atoms with van der Waals surface area (Å²) in [6, 6.07) is 2.01. The second-order valence-electron chi connectivity index (χ2n) is 5.75. The van der Waals surface area contributed by atoms with Crippen LogP contribution in [-0.4, -0.2) is 34.3 Å². The lowest BCUT2D eigenvalue weighted by Crippen LogP contribution is -2.37. The van der Waals surface area contributed by atoms with Gasteiger partial charge in [-0.3, -0.25) is 0 Å². The van der Waals surface area contributed by atoms with Gasteiger partial charge in [0.1, 0.15) is 16.2 Å². The highest BCUT2D eigenvalue weighted by molar-refractivity contribution is 9.10. The normalized spacial score (nSPS) is 22.6. The summed E-state index contributed by atoms with van der Waals surface area (Å²) in [5.74, 6) is 3.03. The van der Waals surface area contributed by atoms with Crippen LogP contribution in [0.4, 0.5) is 5.82 Å². The van der Waals surface area contributed by atoms with E-state index in [2.05, 4.69) is 25.8 Å². The first kappa shape index (κ1) is 13.3. The molecule has 0 bridgehead atoms. The average Bonchev–Trinajstić information content (AvgIpc) is 3.22. The van der Waals surface area contributed by atoms with Gasteiger partial charge in [0, 0.05) is 25.1 Å². The molecular formula is C14H20BrN3O. The number of aliphatic hydroxyl groups excluding tert-OH is 1. The number of hydrogen-bond acceptors (Lipinski definition) is 4. The quantitative estimate of drug-likeness (QED) is 0.868. The third-order valence-corrected chi connectivity index (χ3v) is 4.59. The van der Waals surface area contributed by atoms with E-state index in [0.717, 1.165) is 42.2 Å². The van der Waals surface area contributed by atoms with E-state index in [9.17, 15) is 5.11 Å². The fraction of sp³-hybridized carbons (Fsp3) is 0.714. The Bertz CT molecular complexity index is 454. The minimum Gasteiger partial charge on any atom is -0.393 e. The zero-order valence-electron chi connectivity index (χ0n) is 11.2. The second kappa shape index (κ2) is 5.37. The molecule has 19 heavy (non-hydrogen) atoms. The number of piperidine rings is 1. The predicted molar refractivity (Wildman–Crippen MR) is 78.3 cm³/mol. The molecule has 2 aliphatic rings. The zero-order chi connectivity index (χ0) is 13.4. The van der Waals surface area contributed by atoms with Gasteiger partial charge in [-0.15, -0.1) is 0 Å². The number of aromatic nitrogens is 2. The largest absolute Gasteiger partial charge is 0.393 e. The lowest BCUT2D eigenvalue weighted by molar-refractivity contribution is 0.110. The van der Waals surface area contributed by atoms with Crippen molar-refractivity contribution < 1.29 is 5.11 Å². The van der Waals surface area contributed by atoms with Gasteiger partial charge < -0.3 is 10.0 Å². The molecule has 1 saturated carbocycles. The SMILES string of the molecule is CC(O)C1CCN(c2cc(Br)nc(C3CC3)n2)CC1. The highest BCUT2D eigenvalue weighted by Crippen LogP contribution is 2.39. The zero-order valence-corrected chi connectivity index (χ0v) is 12.8. The standard InChI is InChI=1S/C14H20BrN3O/c1-9(19)10-4-6-18(7-5-10)13-8-12(15)16-14(17-13)11-2-3-11/h8-11,19H,2-7H2,1H3. The highest BCUT2D eigenvalue weighted by atomic mass is 79.9. The van der Waals surface area contributed by atoms with Gasteiger partial charge in [-0.25, -0.2) is 9.97 Å². The number of rotatable bonds is 3. The molecule has 1 aromatic heterocycles. The van der Waals surface area contributed by atoms with Crippen LogP contribution in [-0.2, 0) is 0 Å². The van der Waals surface area contributed by atoms with Gasteiger partial charge in [-0.2, -0.15) is 0 Å². The van der Waals surface area contributed by atoms with E-state index in [1.165, 1.54) is 12.8 Å². The average molecular weight is 326 g/mol. The lowest BCUT2D eigenvalue weighted by atomic mass is 9.92. The molecule has 0 amide bonds. The van der Waals surface area contributed by atoms with Crippen molar-refractivity contribution in [3.8, 4) is 0 Å². The summed E-state index contributed by atoms with van der Waals surface area (Å²) in [5.41, 5.74) is 0. The number of nitrogens with zero attached hydrogens (tertiary/aromatic N) is 3. The molecule has 1 aliphatic heterocycles. The van der Waals surface area contributed by atoms with Gasteiger partial charge in [0.2, 0.25) is 0 Å². The molecule has 1 atom stereocenters. The summed E-state index contributed by atoms with van der Waals surface area (Å²) in [4.78, 5) is 11.5. The number of hydrogen-bond donors (Lipinski definition) is 1. The van der Waals surface area contributed by atoms with Crippen LogP contribution in [0.2, 0.25) is 0 Å². The van der Waals surface area contributed by atoms with Crippen LogP contribution in [0.15, 0.2) is 10.7 Å². The molecule has 1 aliphatic carbocycles. The van der Waals surface area contributed by atoms with Crippen LogP contribution >= 0.6 is 15.9 Å². The molecule has 2 fully saturated rings. The summed E-state index contributed by atoms with van der Waals surface area (Å²) in [6.45, 7) is 3.85. The number of anilines is 1. The fourth-order valence-electron chi connectivity index (χ4n) is 2.72. The second-order valence-corrected chi connectivity index (χ2v) is 6.56. The van der Waals surface area contributed by atoms with E-state index in [-0.39, 0.29) is 6.10 Å². The Morgan fingerprint density at radius 2 is 1.95 bits per heavy atom. The van der Waals surface area contributed by atoms with E-state index in [0.29, 0.717) is 11.8 Å². The topological polar surface area (TPSA) is 49.2 Å². The van der Waals surface area contributed by atoms with Crippen molar-refractivity contribution >= 4 is 21.7 Å². The molecule has 0 radical (unpaired) electrons. The smallest absolute Gasteiger partial charge is 0.135 e. The van der Waals surface area contributed by atoms with Crippen LogP contribution in [0.3, 0.4) is 0 Å². The minimum atomic E-state index is -0.193. The molecule has 1 unspecified atom stereocenters. The fourth-order valence-corrected chi connectivity index (χ4v) is 3.11. The molecule has 1 aromatic rings. The molecule has 2 heterocycles. The first-order valence-electron chi connectivity index (χ1n) is 7.11. The summed E-state index contributed by atoms with van der Waals surface area (Å²) >= 11 is 3.49. The van der Waals surface area contributed by atoms with E-state index in [4.69, 9.17) is 4.98 Å². The third-order valence-electron chi connectivity index (χ3n) is 4.19. The van der Waals surface area contributed by atoms with Crippen LogP contribution in [0, 0.1) is 5.92 Å². The van der Waals surface area contributed by atoms with Gasteiger partial charge >= 0.3 is 0 Å². The number of aliphatic hydroxyl groups is 1. The Hall–Kier alpha value is -0.680. The molecule has 3 rings (SSSR count). The van der Waals surface area contributed by atoms with Crippen molar-refractivity contribution in [1.82, 2.24) is 9.97 Å². The first-order valence-corrected chi connectivity index (χ1v) is 7.90. The lowest BCUT2D eigenvalue weighted by Gasteiger charge is -2.34. The van der Waals surface area contributed by atoms with Gasteiger partial charge in [0.15, 0.2) is 0 Å². The first-order chi connectivity index (χ1) is 9.13. The van der Waals surface area contributed by atoms with Gasteiger partial charge in [0.05, 0.1) is 6.10 Å². The van der Waals surface area contributed by atoms with E-state index in [1.807, 2.05) is 13.0 Å². The van der Waals surface area contributed by atoms with E-state index < -0.39 is 0 Å². The molecule has 0 aromatic carbocycles. The molecule has 1 saturated heterocycles. The molecule has 0 spiro atoms. The van der Waals surface area contributed by atoms with Crippen molar-refractivity contribution in [3.63, 3.8) is 0 Å². The molecule has 4 nitrogen and oxygen atoms in total. The van der Waals surface area contributed by atoms with E-state index in [1.54, 1.807) is 0 Å².